The molecule has 0 radical (unpaired) electrons. The molecule has 1 aliphatic carbocycles. The maximum atomic E-state index is 13.3. The van der Waals surface area contributed by atoms with Gasteiger partial charge in [-0.25, -0.2) is 16.8 Å². The standard InChI is InChI=1S/C18H21F3O7S2/c19-18(20,21)14-3-1-2-4-16(14)30(26,27)12-9-13(17(22)23)15(10-12)28-11-5-7-29(24,25)8-6-11/h1-4,11-13,15H,5-10H2,(H,22,23)/t12-,13-,15-/m0/s1. The molecule has 1 heterocycles. The van der Waals surface area contributed by atoms with Crippen molar-refractivity contribution < 1.29 is 44.6 Å². The molecule has 0 amide bonds. The minimum absolute atomic E-state index is 0.108. The smallest absolute Gasteiger partial charge is 0.417 e. The van der Waals surface area contributed by atoms with E-state index in [-0.39, 0.29) is 37.2 Å². The van der Waals surface area contributed by atoms with Crippen molar-refractivity contribution in [3.05, 3.63) is 29.8 Å². The Morgan fingerprint density at radius 3 is 2.27 bits per heavy atom. The van der Waals surface area contributed by atoms with E-state index in [0.717, 1.165) is 12.1 Å². The van der Waals surface area contributed by atoms with E-state index in [9.17, 15) is 39.9 Å². The molecule has 2 aliphatic rings. The highest BCUT2D eigenvalue weighted by atomic mass is 32.2. The first kappa shape index (κ1) is 23.0. The van der Waals surface area contributed by atoms with Gasteiger partial charge < -0.3 is 9.84 Å². The average molecular weight is 470 g/mol. The minimum atomic E-state index is -4.88. The average Bonchev–Trinajstić information content (AvgIpc) is 3.08. The fourth-order valence-corrected chi connectivity index (χ4v) is 7.47. The van der Waals surface area contributed by atoms with Crippen LogP contribution >= 0.6 is 0 Å². The lowest BCUT2D eigenvalue weighted by atomic mass is 10.1. The maximum Gasteiger partial charge on any atom is 0.417 e. The number of benzene rings is 1. The van der Waals surface area contributed by atoms with Crippen molar-refractivity contribution in [2.45, 2.75) is 54.2 Å². The fraction of sp³-hybridized carbons (Fsp3) is 0.611. The highest BCUT2D eigenvalue weighted by Crippen LogP contribution is 2.41. The number of carboxylic acid groups (broad SMARTS) is 1. The Morgan fingerprint density at radius 2 is 1.70 bits per heavy atom. The molecule has 1 aliphatic heterocycles. The molecule has 12 heteroatoms. The summed E-state index contributed by atoms with van der Waals surface area (Å²) in [6, 6.07) is 3.81. The molecule has 7 nitrogen and oxygen atoms in total. The van der Waals surface area contributed by atoms with E-state index in [0.29, 0.717) is 6.07 Å². The quantitative estimate of drug-likeness (QED) is 0.702. The molecule has 2 fully saturated rings. The normalized spacial score (nSPS) is 27.8. The molecule has 3 atom stereocenters. The van der Waals surface area contributed by atoms with E-state index < -0.39 is 65.7 Å². The molecule has 1 N–H and O–H groups in total. The largest absolute Gasteiger partial charge is 0.481 e. The van der Waals surface area contributed by atoms with Crippen molar-refractivity contribution >= 4 is 25.6 Å². The topological polar surface area (TPSA) is 115 Å². The Kier molecular flexibility index (Phi) is 6.23. The minimum Gasteiger partial charge on any atom is -0.481 e. The van der Waals surface area contributed by atoms with Gasteiger partial charge in [0.1, 0.15) is 0 Å². The summed E-state index contributed by atoms with van der Waals surface area (Å²) in [5.41, 5.74) is -1.29. The van der Waals surface area contributed by atoms with E-state index in [1.54, 1.807) is 0 Å². The van der Waals surface area contributed by atoms with Crippen molar-refractivity contribution in [2.24, 2.45) is 5.92 Å². The summed E-state index contributed by atoms with van der Waals surface area (Å²) in [5, 5.41) is 8.14. The van der Waals surface area contributed by atoms with Crippen molar-refractivity contribution in [1.29, 1.82) is 0 Å². The summed E-state index contributed by atoms with van der Waals surface area (Å²) in [6.45, 7) is 0. The zero-order chi connectivity index (χ0) is 22.3. The number of rotatable bonds is 5. The first-order chi connectivity index (χ1) is 13.8. The van der Waals surface area contributed by atoms with Crippen molar-refractivity contribution in [2.75, 3.05) is 11.5 Å². The number of hydrogen-bond donors (Lipinski definition) is 1. The van der Waals surface area contributed by atoms with Crippen molar-refractivity contribution in [3.8, 4) is 0 Å². The predicted molar refractivity (Wildman–Crippen MR) is 99.3 cm³/mol. The highest BCUT2D eigenvalue weighted by Gasteiger charge is 2.48. The van der Waals surface area contributed by atoms with Crippen LogP contribution in [0.3, 0.4) is 0 Å². The second-order valence-electron chi connectivity index (χ2n) is 7.60. The number of carboxylic acids is 1. The van der Waals surface area contributed by atoms with Crippen LogP contribution in [0, 0.1) is 5.92 Å². The van der Waals surface area contributed by atoms with E-state index >= 15 is 0 Å². The van der Waals surface area contributed by atoms with Gasteiger partial charge in [-0.15, -0.1) is 0 Å². The molecule has 1 aromatic carbocycles. The molecule has 1 aromatic rings. The van der Waals surface area contributed by atoms with Gasteiger partial charge in [-0.1, -0.05) is 12.1 Å². The summed E-state index contributed by atoms with van der Waals surface area (Å²) < 4.78 is 94.6. The van der Waals surface area contributed by atoms with E-state index in [1.165, 1.54) is 6.07 Å². The fourth-order valence-electron chi connectivity index (χ4n) is 4.00. The van der Waals surface area contributed by atoms with Crippen molar-refractivity contribution in [1.82, 2.24) is 0 Å². The molecule has 0 bridgehead atoms. The molecule has 0 spiro atoms. The second kappa shape index (κ2) is 8.12. The van der Waals surface area contributed by atoms with Crippen LogP contribution in [0.25, 0.3) is 0 Å². The molecule has 1 saturated carbocycles. The van der Waals surface area contributed by atoms with Crippen LogP contribution in [0.15, 0.2) is 29.2 Å². The van der Waals surface area contributed by atoms with Crippen LogP contribution in [0.1, 0.15) is 31.2 Å². The third-order valence-electron chi connectivity index (χ3n) is 5.58. The Bertz CT molecular complexity index is 1000. The Morgan fingerprint density at radius 1 is 1.10 bits per heavy atom. The van der Waals surface area contributed by atoms with Gasteiger partial charge in [0.15, 0.2) is 19.7 Å². The number of halogens is 3. The summed E-state index contributed by atoms with van der Waals surface area (Å²) in [6.07, 6.45) is -6.75. The van der Waals surface area contributed by atoms with Crippen LogP contribution in [0.5, 0.6) is 0 Å². The SMILES string of the molecule is O=C(O)[C@H]1C[C@H](S(=O)(=O)c2ccccc2C(F)(F)F)C[C@@H]1OC1CCS(=O)(=O)CC1. The molecular formula is C18H21F3O7S2. The summed E-state index contributed by atoms with van der Waals surface area (Å²) >= 11 is 0. The van der Waals surface area contributed by atoms with Crippen LogP contribution in [-0.2, 0) is 35.4 Å². The summed E-state index contributed by atoms with van der Waals surface area (Å²) in [5.74, 6) is -2.72. The molecule has 3 rings (SSSR count). The van der Waals surface area contributed by atoms with Gasteiger partial charge in [0, 0.05) is 0 Å². The van der Waals surface area contributed by atoms with Crippen LogP contribution < -0.4 is 0 Å². The number of alkyl halides is 3. The van der Waals surface area contributed by atoms with Gasteiger partial charge in [-0.2, -0.15) is 13.2 Å². The number of sulfone groups is 2. The second-order valence-corrected chi connectivity index (χ2v) is 12.1. The van der Waals surface area contributed by atoms with E-state index in [4.69, 9.17) is 4.74 Å². The lowest BCUT2D eigenvalue weighted by molar-refractivity contribution is -0.148. The van der Waals surface area contributed by atoms with Gasteiger partial charge in [-0.05, 0) is 37.8 Å². The Labute approximate surface area is 172 Å². The van der Waals surface area contributed by atoms with Crippen LogP contribution in [0.4, 0.5) is 13.2 Å². The first-order valence-corrected chi connectivity index (χ1v) is 12.7. The zero-order valence-electron chi connectivity index (χ0n) is 15.7. The Hall–Kier alpha value is -1.66. The van der Waals surface area contributed by atoms with Gasteiger partial charge >= 0.3 is 12.1 Å². The third-order valence-corrected chi connectivity index (χ3v) is 9.53. The lowest BCUT2D eigenvalue weighted by Crippen LogP contribution is -2.35. The molecular weight excluding hydrogens is 449 g/mol. The number of hydrogen-bond acceptors (Lipinski definition) is 6. The number of ether oxygens (including phenoxy) is 1. The molecule has 168 valence electrons. The zero-order valence-corrected chi connectivity index (χ0v) is 17.3. The Balaban J connectivity index is 1.83. The third kappa shape index (κ3) is 4.80. The number of carbonyl (C=O) groups is 1. The summed E-state index contributed by atoms with van der Waals surface area (Å²) in [4.78, 5) is 10.8. The predicted octanol–water partition coefficient (Wildman–Crippen LogP) is 2.30. The van der Waals surface area contributed by atoms with Crippen LogP contribution in [0.2, 0.25) is 0 Å². The van der Waals surface area contributed by atoms with Gasteiger partial charge in [-0.3, -0.25) is 4.79 Å². The molecule has 0 aromatic heterocycles. The molecule has 30 heavy (non-hydrogen) atoms. The van der Waals surface area contributed by atoms with E-state index in [1.807, 2.05) is 0 Å². The highest BCUT2D eigenvalue weighted by molar-refractivity contribution is 7.92. The lowest BCUT2D eigenvalue weighted by Gasteiger charge is -2.27. The molecule has 0 unspecified atom stereocenters. The van der Waals surface area contributed by atoms with Crippen LogP contribution in [-0.4, -0.2) is 56.9 Å². The number of aliphatic carboxylic acids is 1. The van der Waals surface area contributed by atoms with Gasteiger partial charge in [0.05, 0.1) is 45.3 Å². The summed E-state index contributed by atoms with van der Waals surface area (Å²) in [7, 11) is -7.64. The molecule has 1 saturated heterocycles. The first-order valence-electron chi connectivity index (χ1n) is 9.30. The maximum absolute atomic E-state index is 13.3. The van der Waals surface area contributed by atoms with Crippen molar-refractivity contribution in [3.63, 3.8) is 0 Å². The van der Waals surface area contributed by atoms with E-state index in [2.05, 4.69) is 0 Å². The monoisotopic (exact) mass is 470 g/mol. The van der Waals surface area contributed by atoms with Gasteiger partial charge in [0.2, 0.25) is 0 Å². The van der Waals surface area contributed by atoms with Gasteiger partial charge in [0.25, 0.3) is 0 Å².